The van der Waals surface area contributed by atoms with Gasteiger partial charge < -0.3 is 14.4 Å². The number of amides is 1. The first-order valence-corrected chi connectivity index (χ1v) is 8.75. The second-order valence-corrected chi connectivity index (χ2v) is 6.58. The summed E-state index contributed by atoms with van der Waals surface area (Å²) in [6, 6.07) is 20.1. The Balaban J connectivity index is 1.52. The second kappa shape index (κ2) is 8.17. The number of nitrogens with zero attached hydrogens (tertiary/aromatic N) is 1. The molecule has 1 aliphatic heterocycles. The summed E-state index contributed by atoms with van der Waals surface area (Å²) in [5, 5.41) is 0. The fraction of sp³-hybridized carbons (Fsp3) is 0.381. The summed E-state index contributed by atoms with van der Waals surface area (Å²) in [5.41, 5.74) is 2.07. The lowest BCUT2D eigenvalue weighted by molar-refractivity contribution is -0.0547. The fourth-order valence-electron chi connectivity index (χ4n) is 3.33. The minimum atomic E-state index is -0.242. The molecule has 0 saturated carbocycles. The highest BCUT2D eigenvalue weighted by Gasteiger charge is 2.36. The Kier molecular flexibility index (Phi) is 5.71. The molecule has 0 aliphatic carbocycles. The van der Waals surface area contributed by atoms with Crippen LogP contribution in [0.5, 0.6) is 0 Å². The molecule has 25 heavy (non-hydrogen) atoms. The zero-order chi connectivity index (χ0) is 17.5. The van der Waals surface area contributed by atoms with Gasteiger partial charge in [0.1, 0.15) is 6.61 Å². The van der Waals surface area contributed by atoms with E-state index in [4.69, 9.17) is 9.47 Å². The van der Waals surface area contributed by atoms with Crippen molar-refractivity contribution in [3.05, 3.63) is 71.8 Å². The molecule has 1 saturated heterocycles. The largest absolute Gasteiger partial charge is 0.445 e. The van der Waals surface area contributed by atoms with Crippen molar-refractivity contribution in [3.8, 4) is 0 Å². The van der Waals surface area contributed by atoms with Crippen LogP contribution < -0.4 is 0 Å². The Bertz CT molecular complexity index is 664. The second-order valence-electron chi connectivity index (χ2n) is 6.58. The first-order chi connectivity index (χ1) is 12.2. The van der Waals surface area contributed by atoms with Crippen LogP contribution in [0.4, 0.5) is 4.79 Å². The number of hydrogen-bond acceptors (Lipinski definition) is 3. The molecule has 1 amide bonds. The Morgan fingerprint density at radius 1 is 0.960 bits per heavy atom. The minimum Gasteiger partial charge on any atom is -0.445 e. The van der Waals surface area contributed by atoms with Gasteiger partial charge in [-0.25, -0.2) is 4.79 Å². The predicted molar refractivity (Wildman–Crippen MR) is 97.3 cm³/mol. The molecule has 4 nitrogen and oxygen atoms in total. The molecule has 3 rings (SSSR count). The van der Waals surface area contributed by atoms with Crippen molar-refractivity contribution >= 4 is 6.09 Å². The van der Waals surface area contributed by atoms with Crippen LogP contribution in [-0.2, 0) is 22.5 Å². The van der Waals surface area contributed by atoms with Crippen molar-refractivity contribution in [1.82, 2.24) is 4.90 Å². The van der Waals surface area contributed by atoms with Gasteiger partial charge in [-0.1, -0.05) is 60.7 Å². The molecule has 132 valence electrons. The number of ether oxygens (including phenoxy) is 2. The van der Waals surface area contributed by atoms with E-state index in [1.807, 2.05) is 36.4 Å². The Morgan fingerprint density at radius 2 is 1.52 bits per heavy atom. The SMILES string of the molecule is COC1(Cc2ccccc2)CCN(C(=O)OCc2ccccc2)CC1. The van der Waals surface area contributed by atoms with E-state index in [1.165, 1.54) is 5.56 Å². The van der Waals surface area contributed by atoms with Crippen LogP contribution in [0.25, 0.3) is 0 Å². The van der Waals surface area contributed by atoms with Crippen LogP contribution >= 0.6 is 0 Å². The van der Waals surface area contributed by atoms with Crippen molar-refractivity contribution in [2.24, 2.45) is 0 Å². The lowest BCUT2D eigenvalue weighted by Gasteiger charge is -2.40. The Hall–Kier alpha value is -2.33. The lowest BCUT2D eigenvalue weighted by Crippen LogP contribution is -2.48. The van der Waals surface area contributed by atoms with Crippen LogP contribution in [0, 0.1) is 0 Å². The van der Waals surface area contributed by atoms with Gasteiger partial charge in [0.2, 0.25) is 0 Å². The molecule has 1 fully saturated rings. The number of carbonyl (C=O) groups excluding carboxylic acids is 1. The van der Waals surface area contributed by atoms with Gasteiger partial charge in [-0.15, -0.1) is 0 Å². The zero-order valence-corrected chi connectivity index (χ0v) is 14.7. The number of methoxy groups -OCH3 is 1. The van der Waals surface area contributed by atoms with Crippen LogP contribution in [0.2, 0.25) is 0 Å². The standard InChI is InChI=1S/C21H25NO3/c1-24-21(16-18-8-4-2-5-9-18)12-14-22(15-13-21)20(23)25-17-19-10-6-3-7-11-19/h2-11H,12-17H2,1H3. The predicted octanol–water partition coefficient (Wildman–Crippen LogP) is 4.05. The van der Waals surface area contributed by atoms with Crippen molar-refractivity contribution in [1.29, 1.82) is 0 Å². The molecule has 0 aromatic heterocycles. The Morgan fingerprint density at radius 3 is 2.08 bits per heavy atom. The smallest absolute Gasteiger partial charge is 0.410 e. The molecule has 0 spiro atoms. The summed E-state index contributed by atoms with van der Waals surface area (Å²) >= 11 is 0. The molecule has 1 aliphatic rings. The molecular formula is C21H25NO3. The summed E-state index contributed by atoms with van der Waals surface area (Å²) < 4.78 is 11.3. The third-order valence-electron chi connectivity index (χ3n) is 4.94. The van der Waals surface area contributed by atoms with Gasteiger partial charge in [0, 0.05) is 26.6 Å². The average molecular weight is 339 g/mol. The van der Waals surface area contributed by atoms with Crippen LogP contribution in [0.3, 0.4) is 0 Å². The highest BCUT2D eigenvalue weighted by molar-refractivity contribution is 5.67. The van der Waals surface area contributed by atoms with Gasteiger partial charge in [-0.05, 0) is 24.0 Å². The third-order valence-corrected chi connectivity index (χ3v) is 4.94. The first-order valence-electron chi connectivity index (χ1n) is 8.75. The van der Waals surface area contributed by atoms with Gasteiger partial charge in [0.25, 0.3) is 0 Å². The summed E-state index contributed by atoms with van der Waals surface area (Å²) in [6.07, 6.45) is 2.27. The average Bonchev–Trinajstić information content (AvgIpc) is 2.68. The van der Waals surface area contributed by atoms with Gasteiger partial charge in [-0.2, -0.15) is 0 Å². The quantitative estimate of drug-likeness (QED) is 0.825. The fourth-order valence-corrected chi connectivity index (χ4v) is 3.33. The lowest BCUT2D eigenvalue weighted by atomic mass is 9.85. The van der Waals surface area contributed by atoms with E-state index in [2.05, 4.69) is 24.3 Å². The van der Waals surface area contributed by atoms with E-state index in [0.29, 0.717) is 19.7 Å². The molecule has 0 bridgehead atoms. The van der Waals surface area contributed by atoms with Crippen molar-refractivity contribution in [3.63, 3.8) is 0 Å². The van der Waals surface area contributed by atoms with E-state index in [-0.39, 0.29) is 11.7 Å². The molecule has 0 N–H and O–H groups in total. The number of piperidine rings is 1. The van der Waals surface area contributed by atoms with Gasteiger partial charge in [0.15, 0.2) is 0 Å². The van der Waals surface area contributed by atoms with Crippen molar-refractivity contribution < 1.29 is 14.3 Å². The Labute approximate surface area is 149 Å². The first kappa shape index (κ1) is 17.5. The van der Waals surface area contributed by atoms with E-state index in [1.54, 1.807) is 12.0 Å². The van der Waals surface area contributed by atoms with E-state index in [0.717, 1.165) is 24.8 Å². The maximum Gasteiger partial charge on any atom is 0.410 e. The van der Waals surface area contributed by atoms with Crippen molar-refractivity contribution in [2.45, 2.75) is 31.5 Å². The minimum absolute atomic E-state index is 0.197. The molecule has 0 unspecified atom stereocenters. The molecule has 0 atom stereocenters. The number of hydrogen-bond donors (Lipinski definition) is 0. The monoisotopic (exact) mass is 339 g/mol. The molecular weight excluding hydrogens is 314 g/mol. The summed E-state index contributed by atoms with van der Waals surface area (Å²) in [5.74, 6) is 0. The number of benzene rings is 2. The number of likely N-dealkylation sites (tertiary alicyclic amines) is 1. The number of rotatable bonds is 5. The van der Waals surface area contributed by atoms with Crippen LogP contribution in [0.1, 0.15) is 24.0 Å². The van der Waals surface area contributed by atoms with Crippen molar-refractivity contribution in [2.75, 3.05) is 20.2 Å². The summed E-state index contributed by atoms with van der Waals surface area (Å²) in [6.45, 7) is 1.64. The molecule has 1 heterocycles. The summed E-state index contributed by atoms with van der Waals surface area (Å²) in [4.78, 5) is 14.1. The number of carbonyl (C=O) groups is 1. The van der Waals surface area contributed by atoms with Crippen LogP contribution in [0.15, 0.2) is 60.7 Å². The maximum absolute atomic E-state index is 12.3. The van der Waals surface area contributed by atoms with Crippen LogP contribution in [-0.4, -0.2) is 36.8 Å². The van der Waals surface area contributed by atoms with E-state index >= 15 is 0 Å². The summed E-state index contributed by atoms with van der Waals surface area (Å²) in [7, 11) is 1.77. The van der Waals surface area contributed by atoms with Gasteiger partial charge in [0.05, 0.1) is 5.60 Å². The normalized spacial score (nSPS) is 16.4. The molecule has 2 aromatic rings. The molecule has 0 radical (unpaired) electrons. The van der Waals surface area contributed by atoms with Gasteiger partial charge in [-0.3, -0.25) is 0 Å². The van der Waals surface area contributed by atoms with E-state index < -0.39 is 0 Å². The maximum atomic E-state index is 12.3. The highest BCUT2D eigenvalue weighted by atomic mass is 16.6. The highest BCUT2D eigenvalue weighted by Crippen LogP contribution is 2.30. The third kappa shape index (κ3) is 4.60. The molecule has 2 aromatic carbocycles. The zero-order valence-electron chi connectivity index (χ0n) is 14.7. The topological polar surface area (TPSA) is 38.8 Å². The van der Waals surface area contributed by atoms with E-state index in [9.17, 15) is 4.79 Å². The van der Waals surface area contributed by atoms with Gasteiger partial charge >= 0.3 is 6.09 Å². The molecule has 4 heteroatoms.